The normalized spacial score (nSPS) is 14.6. The van der Waals surface area contributed by atoms with Crippen molar-refractivity contribution in [2.45, 2.75) is 38.5 Å². The highest BCUT2D eigenvalue weighted by Crippen LogP contribution is 2.55. The van der Waals surface area contributed by atoms with Crippen LogP contribution in [0.5, 0.6) is 0 Å². The molecule has 8 aromatic carbocycles. The van der Waals surface area contributed by atoms with Gasteiger partial charge in [-0.3, -0.25) is 0 Å². The number of nitrogens with zero attached hydrogens (tertiary/aromatic N) is 1. The van der Waals surface area contributed by atoms with Gasteiger partial charge < -0.3 is 13.7 Å². The highest BCUT2D eigenvalue weighted by molar-refractivity contribution is 6.29. The number of hydrogen-bond donors (Lipinski definition) is 0. The number of furan rings is 2. The Labute approximate surface area is 331 Å². The highest BCUT2D eigenvalue weighted by atomic mass is 16.3. The Morgan fingerprint density at radius 1 is 0.386 bits per heavy atom. The molecule has 2 aliphatic carbocycles. The first-order valence-corrected chi connectivity index (χ1v) is 19.9. The fourth-order valence-corrected chi connectivity index (χ4v) is 10.3. The molecule has 0 radical (unpaired) electrons. The van der Waals surface area contributed by atoms with Gasteiger partial charge in [0, 0.05) is 43.7 Å². The average molecular weight is 734 g/mol. The van der Waals surface area contributed by atoms with Gasteiger partial charge in [-0.15, -0.1) is 0 Å². The second-order valence-corrected chi connectivity index (χ2v) is 16.9. The van der Waals surface area contributed by atoms with Gasteiger partial charge in [0.1, 0.15) is 16.7 Å². The van der Waals surface area contributed by atoms with Crippen molar-refractivity contribution in [2.24, 2.45) is 0 Å². The maximum absolute atomic E-state index is 7.18. The Balaban J connectivity index is 1.18. The summed E-state index contributed by atoms with van der Waals surface area (Å²) in [5.41, 5.74) is 19.1. The van der Waals surface area contributed by atoms with Crippen molar-refractivity contribution in [3.05, 3.63) is 186 Å². The first kappa shape index (κ1) is 32.4. The molecule has 0 saturated carbocycles. The van der Waals surface area contributed by atoms with E-state index in [-0.39, 0.29) is 10.8 Å². The van der Waals surface area contributed by atoms with Crippen LogP contribution in [0.25, 0.3) is 77.3 Å². The second-order valence-electron chi connectivity index (χ2n) is 16.9. The van der Waals surface area contributed by atoms with Crippen LogP contribution in [0, 0.1) is 0 Å². The largest absolute Gasteiger partial charge is 0.456 e. The molecule has 10 aromatic rings. The third kappa shape index (κ3) is 4.37. The van der Waals surface area contributed by atoms with E-state index in [1.54, 1.807) is 0 Å². The Bertz CT molecular complexity index is 3200. The first-order valence-electron chi connectivity index (χ1n) is 19.9. The number of para-hydroxylation sites is 1. The molecule has 0 atom stereocenters. The van der Waals surface area contributed by atoms with Crippen LogP contribution in [0.2, 0.25) is 0 Å². The molecule has 12 rings (SSSR count). The van der Waals surface area contributed by atoms with Gasteiger partial charge in [-0.1, -0.05) is 143 Å². The molecule has 272 valence electrons. The van der Waals surface area contributed by atoms with E-state index in [1.165, 1.54) is 44.5 Å². The predicted molar refractivity (Wildman–Crippen MR) is 236 cm³/mol. The Kier molecular flexibility index (Phi) is 6.46. The summed E-state index contributed by atoms with van der Waals surface area (Å²) >= 11 is 0. The van der Waals surface area contributed by atoms with Crippen LogP contribution >= 0.6 is 0 Å². The average Bonchev–Trinajstić information content (AvgIpc) is 3.94. The molecular formula is C54H39NO2. The molecular weight excluding hydrogens is 695 g/mol. The van der Waals surface area contributed by atoms with E-state index in [1.807, 2.05) is 6.07 Å². The third-order valence-electron chi connectivity index (χ3n) is 13.1. The van der Waals surface area contributed by atoms with Crippen LogP contribution in [0.3, 0.4) is 0 Å². The van der Waals surface area contributed by atoms with Crippen molar-refractivity contribution in [3.63, 3.8) is 0 Å². The smallest absolute Gasteiger partial charge is 0.160 e. The van der Waals surface area contributed by atoms with E-state index >= 15 is 0 Å². The second kappa shape index (κ2) is 11.4. The minimum absolute atomic E-state index is 0.158. The standard InChI is InChI=1S/C54H39NO2/c1-53(2)41-19-11-8-16-36(41)38-24-22-33(30-43(38)53)55(34-23-25-39-37-17-9-12-20-42(37)54(3,4)44(39)31-34)45-27-26-35(32-14-6-5-7-15-32)50-51-48(57-52(45)50)29-28-47-49(51)40-18-10-13-21-46(40)56-47/h5-31H,1-4H3. The summed E-state index contributed by atoms with van der Waals surface area (Å²) in [4.78, 5) is 2.43. The van der Waals surface area contributed by atoms with Crippen LogP contribution < -0.4 is 4.90 Å². The lowest BCUT2D eigenvalue weighted by Crippen LogP contribution is -2.18. The zero-order valence-electron chi connectivity index (χ0n) is 32.4. The SMILES string of the molecule is CC1(C)c2ccccc2-c2ccc(N(c3ccc4c(c3)C(C)(C)c3ccccc3-4)c3ccc(-c4ccccc4)c4c3oc3ccc5oc6ccccc6c5c34)cc21. The predicted octanol–water partition coefficient (Wildman–Crippen LogP) is 15.2. The van der Waals surface area contributed by atoms with Gasteiger partial charge in [0.25, 0.3) is 0 Å². The van der Waals surface area contributed by atoms with Crippen molar-refractivity contribution < 1.29 is 8.83 Å². The van der Waals surface area contributed by atoms with Crippen molar-refractivity contribution in [1.82, 2.24) is 0 Å². The van der Waals surface area contributed by atoms with Crippen LogP contribution in [0.15, 0.2) is 173 Å². The summed E-state index contributed by atoms with van der Waals surface area (Å²) in [5.74, 6) is 0. The quantitative estimate of drug-likeness (QED) is 0.180. The van der Waals surface area contributed by atoms with Gasteiger partial charge in [0.15, 0.2) is 5.58 Å². The summed E-state index contributed by atoms with van der Waals surface area (Å²) < 4.78 is 13.6. The van der Waals surface area contributed by atoms with E-state index < -0.39 is 0 Å². The molecule has 0 bridgehead atoms. The summed E-state index contributed by atoms with van der Waals surface area (Å²) in [7, 11) is 0. The molecule has 3 heteroatoms. The third-order valence-corrected chi connectivity index (χ3v) is 13.1. The zero-order valence-corrected chi connectivity index (χ0v) is 32.4. The van der Waals surface area contributed by atoms with Gasteiger partial charge in [0.2, 0.25) is 0 Å². The topological polar surface area (TPSA) is 29.5 Å². The van der Waals surface area contributed by atoms with Crippen LogP contribution in [0.1, 0.15) is 49.9 Å². The molecule has 2 heterocycles. The Morgan fingerprint density at radius 3 is 1.56 bits per heavy atom. The molecule has 0 aliphatic heterocycles. The van der Waals surface area contributed by atoms with Gasteiger partial charge in [-0.25, -0.2) is 0 Å². The molecule has 0 saturated heterocycles. The maximum atomic E-state index is 7.18. The molecule has 3 nitrogen and oxygen atoms in total. The lowest BCUT2D eigenvalue weighted by Gasteiger charge is -2.30. The van der Waals surface area contributed by atoms with Crippen LogP contribution in [0.4, 0.5) is 17.1 Å². The van der Waals surface area contributed by atoms with Crippen LogP contribution in [-0.4, -0.2) is 0 Å². The first-order chi connectivity index (χ1) is 27.8. The van der Waals surface area contributed by atoms with E-state index in [0.29, 0.717) is 0 Å². The molecule has 57 heavy (non-hydrogen) atoms. The lowest BCUT2D eigenvalue weighted by atomic mass is 9.82. The number of fused-ring (bicyclic) bond motifs is 13. The maximum Gasteiger partial charge on any atom is 0.160 e. The van der Waals surface area contributed by atoms with Crippen LogP contribution in [-0.2, 0) is 10.8 Å². The van der Waals surface area contributed by atoms with E-state index in [0.717, 1.165) is 72.1 Å². The fraction of sp³-hybridized carbons (Fsp3) is 0.111. The monoisotopic (exact) mass is 733 g/mol. The summed E-state index contributed by atoms with van der Waals surface area (Å²) in [6.07, 6.45) is 0. The number of rotatable bonds is 4. The molecule has 0 fully saturated rings. The van der Waals surface area contributed by atoms with E-state index in [9.17, 15) is 0 Å². The van der Waals surface area contributed by atoms with Crippen molar-refractivity contribution >= 4 is 60.9 Å². The number of benzene rings is 8. The van der Waals surface area contributed by atoms with E-state index in [2.05, 4.69) is 190 Å². The fourth-order valence-electron chi connectivity index (χ4n) is 10.3. The molecule has 0 N–H and O–H groups in total. The zero-order chi connectivity index (χ0) is 38.2. The number of hydrogen-bond acceptors (Lipinski definition) is 3. The minimum Gasteiger partial charge on any atom is -0.456 e. The summed E-state index contributed by atoms with van der Waals surface area (Å²) in [5, 5.41) is 4.32. The molecule has 0 amide bonds. The van der Waals surface area contributed by atoms with E-state index in [4.69, 9.17) is 8.83 Å². The Morgan fingerprint density at radius 2 is 0.912 bits per heavy atom. The number of anilines is 3. The van der Waals surface area contributed by atoms with Crippen molar-refractivity contribution in [1.29, 1.82) is 0 Å². The summed E-state index contributed by atoms with van der Waals surface area (Å²) in [6.45, 7) is 9.42. The van der Waals surface area contributed by atoms with Gasteiger partial charge >= 0.3 is 0 Å². The molecule has 2 aromatic heterocycles. The summed E-state index contributed by atoms with van der Waals surface area (Å²) in [6, 6.07) is 59.5. The minimum atomic E-state index is -0.158. The molecule has 2 aliphatic rings. The highest BCUT2D eigenvalue weighted by Gasteiger charge is 2.38. The van der Waals surface area contributed by atoms with Crippen molar-refractivity contribution in [3.8, 4) is 33.4 Å². The lowest BCUT2D eigenvalue weighted by molar-refractivity contribution is 0.659. The Hall–Kier alpha value is -6.84. The molecule has 0 unspecified atom stereocenters. The molecule has 0 spiro atoms. The van der Waals surface area contributed by atoms with Gasteiger partial charge in [0.05, 0.1) is 5.69 Å². The van der Waals surface area contributed by atoms with Gasteiger partial charge in [-0.2, -0.15) is 0 Å². The van der Waals surface area contributed by atoms with Gasteiger partial charge in [-0.05, 0) is 104 Å². The van der Waals surface area contributed by atoms with Crippen molar-refractivity contribution in [2.75, 3.05) is 4.90 Å².